The van der Waals surface area contributed by atoms with Gasteiger partial charge in [0.2, 0.25) is 5.91 Å². The zero-order chi connectivity index (χ0) is 9.84. The molecule has 0 aromatic carbocycles. The number of rotatable bonds is 3. The van der Waals surface area contributed by atoms with Crippen molar-refractivity contribution < 1.29 is 19.4 Å². The Kier molecular flexibility index (Phi) is 3.21. The zero-order valence-corrected chi connectivity index (χ0v) is 7.49. The van der Waals surface area contributed by atoms with Gasteiger partial charge in [0.1, 0.15) is 0 Å². The molecular weight excluding hydrogens is 176 g/mol. The molecule has 6 heteroatoms. The van der Waals surface area contributed by atoms with Crippen molar-refractivity contribution in [2.24, 2.45) is 5.92 Å². The highest BCUT2D eigenvalue weighted by atomic mass is 17.2. The van der Waals surface area contributed by atoms with E-state index in [9.17, 15) is 9.59 Å². The van der Waals surface area contributed by atoms with Crippen LogP contribution < -0.4 is 10.6 Å². The number of hydrogen-bond acceptors (Lipinski definition) is 4. The van der Waals surface area contributed by atoms with Crippen LogP contribution in [0.4, 0.5) is 4.79 Å². The standard InChI is InChI=1S/C7H12N2O4/c1-3-4-5(10)8-7(11)9-6(4)13-12-2/h4,6H,3H2,1-2H3,(H2,8,9,10,11). The molecule has 0 bridgehead atoms. The Morgan fingerprint density at radius 2 is 2.15 bits per heavy atom. The summed E-state index contributed by atoms with van der Waals surface area (Å²) in [7, 11) is 1.32. The first-order chi connectivity index (χ1) is 6.19. The number of carbonyl (C=O) groups excluding carboxylic acids is 2. The van der Waals surface area contributed by atoms with Gasteiger partial charge in [0.15, 0.2) is 6.23 Å². The quantitative estimate of drug-likeness (QED) is 0.473. The largest absolute Gasteiger partial charge is 0.323 e. The van der Waals surface area contributed by atoms with E-state index in [4.69, 9.17) is 4.89 Å². The van der Waals surface area contributed by atoms with Crippen LogP contribution in [-0.2, 0) is 14.6 Å². The second-order valence-electron chi connectivity index (χ2n) is 2.66. The molecule has 2 atom stereocenters. The third-order valence-electron chi connectivity index (χ3n) is 1.85. The molecule has 1 saturated heterocycles. The van der Waals surface area contributed by atoms with E-state index < -0.39 is 18.2 Å². The number of carbonyl (C=O) groups is 2. The molecule has 74 valence electrons. The van der Waals surface area contributed by atoms with E-state index >= 15 is 0 Å². The summed E-state index contributed by atoms with van der Waals surface area (Å²) >= 11 is 0. The van der Waals surface area contributed by atoms with Crippen molar-refractivity contribution in [1.29, 1.82) is 0 Å². The van der Waals surface area contributed by atoms with Crippen LogP contribution in [0.5, 0.6) is 0 Å². The van der Waals surface area contributed by atoms with Crippen molar-refractivity contribution >= 4 is 11.9 Å². The maximum atomic E-state index is 11.2. The molecule has 0 radical (unpaired) electrons. The fourth-order valence-electron chi connectivity index (χ4n) is 1.20. The lowest BCUT2D eigenvalue weighted by molar-refractivity contribution is -0.318. The first-order valence-corrected chi connectivity index (χ1v) is 3.99. The third-order valence-corrected chi connectivity index (χ3v) is 1.85. The van der Waals surface area contributed by atoms with Crippen molar-refractivity contribution in [2.45, 2.75) is 19.6 Å². The maximum absolute atomic E-state index is 11.2. The summed E-state index contributed by atoms with van der Waals surface area (Å²) in [5.41, 5.74) is 0. The fraction of sp³-hybridized carbons (Fsp3) is 0.714. The topological polar surface area (TPSA) is 76.7 Å². The highest BCUT2D eigenvalue weighted by Crippen LogP contribution is 2.13. The molecule has 1 rings (SSSR count). The molecule has 13 heavy (non-hydrogen) atoms. The average molecular weight is 188 g/mol. The molecule has 6 nitrogen and oxygen atoms in total. The van der Waals surface area contributed by atoms with Gasteiger partial charge in [-0.25, -0.2) is 14.6 Å². The Morgan fingerprint density at radius 3 is 2.69 bits per heavy atom. The Morgan fingerprint density at radius 1 is 1.46 bits per heavy atom. The molecule has 0 aliphatic carbocycles. The Hall–Kier alpha value is -1.14. The molecule has 0 aromatic heterocycles. The maximum Gasteiger partial charge on any atom is 0.323 e. The SMILES string of the molecule is CCC1C(=O)NC(=O)NC1OOC. The molecule has 1 aliphatic heterocycles. The molecule has 2 N–H and O–H groups in total. The second kappa shape index (κ2) is 4.20. The summed E-state index contributed by atoms with van der Waals surface area (Å²) in [5, 5.41) is 4.57. The van der Waals surface area contributed by atoms with E-state index in [0.29, 0.717) is 6.42 Å². The molecule has 3 amide bonds. The first-order valence-electron chi connectivity index (χ1n) is 3.99. The number of nitrogens with one attached hydrogen (secondary N) is 2. The van der Waals surface area contributed by atoms with Crippen molar-refractivity contribution in [1.82, 2.24) is 10.6 Å². The molecule has 0 aromatic rings. The molecule has 2 unspecified atom stereocenters. The number of imide groups is 1. The third kappa shape index (κ3) is 2.16. The van der Waals surface area contributed by atoms with Gasteiger partial charge in [-0.3, -0.25) is 10.1 Å². The zero-order valence-electron chi connectivity index (χ0n) is 7.49. The Balaban J connectivity index is 2.65. The van der Waals surface area contributed by atoms with E-state index in [2.05, 4.69) is 15.5 Å². The molecule has 0 saturated carbocycles. The summed E-state index contributed by atoms with van der Waals surface area (Å²) in [5.74, 6) is -0.744. The van der Waals surface area contributed by atoms with Crippen LogP contribution in [0, 0.1) is 5.92 Å². The summed E-state index contributed by atoms with van der Waals surface area (Å²) < 4.78 is 0. The van der Waals surface area contributed by atoms with E-state index in [-0.39, 0.29) is 5.91 Å². The van der Waals surface area contributed by atoms with Crippen molar-refractivity contribution in [3.8, 4) is 0 Å². The van der Waals surface area contributed by atoms with E-state index in [0.717, 1.165) is 0 Å². The average Bonchev–Trinajstić information content (AvgIpc) is 2.04. The van der Waals surface area contributed by atoms with Crippen molar-refractivity contribution in [2.75, 3.05) is 7.11 Å². The minimum atomic E-state index is -0.698. The van der Waals surface area contributed by atoms with Crippen LogP contribution in [0.1, 0.15) is 13.3 Å². The van der Waals surface area contributed by atoms with Gasteiger partial charge in [-0.1, -0.05) is 6.92 Å². The summed E-state index contributed by atoms with van der Waals surface area (Å²) in [4.78, 5) is 31.2. The van der Waals surface area contributed by atoms with Gasteiger partial charge >= 0.3 is 6.03 Å². The number of urea groups is 1. The van der Waals surface area contributed by atoms with Crippen LogP contribution in [-0.4, -0.2) is 25.3 Å². The van der Waals surface area contributed by atoms with Gasteiger partial charge < -0.3 is 5.32 Å². The molecule has 1 fully saturated rings. The monoisotopic (exact) mass is 188 g/mol. The smallest absolute Gasteiger partial charge is 0.309 e. The van der Waals surface area contributed by atoms with Gasteiger partial charge in [0.25, 0.3) is 0 Å². The normalized spacial score (nSPS) is 28.2. The predicted molar refractivity (Wildman–Crippen MR) is 42.3 cm³/mol. The number of hydrogen-bond donors (Lipinski definition) is 2. The summed E-state index contributed by atoms with van der Waals surface area (Å²) in [6, 6.07) is -0.559. The highest BCUT2D eigenvalue weighted by molar-refractivity contribution is 5.98. The molecular formula is C7H12N2O4. The van der Waals surface area contributed by atoms with Crippen LogP contribution >= 0.6 is 0 Å². The van der Waals surface area contributed by atoms with E-state index in [1.807, 2.05) is 6.92 Å². The van der Waals surface area contributed by atoms with Gasteiger partial charge in [-0.2, -0.15) is 0 Å². The van der Waals surface area contributed by atoms with Crippen LogP contribution in [0.2, 0.25) is 0 Å². The lowest BCUT2D eigenvalue weighted by atomic mass is 10.0. The lowest BCUT2D eigenvalue weighted by Gasteiger charge is -2.28. The van der Waals surface area contributed by atoms with E-state index in [1.54, 1.807) is 0 Å². The minimum absolute atomic E-state index is 0.340. The lowest BCUT2D eigenvalue weighted by Crippen LogP contribution is -2.58. The van der Waals surface area contributed by atoms with Crippen molar-refractivity contribution in [3.63, 3.8) is 0 Å². The Bertz CT molecular complexity index is 219. The minimum Gasteiger partial charge on any atom is -0.309 e. The summed E-state index contributed by atoms with van der Waals surface area (Å²) in [6.07, 6.45) is -0.128. The Labute approximate surface area is 75.5 Å². The highest BCUT2D eigenvalue weighted by Gasteiger charge is 2.35. The number of amides is 3. The van der Waals surface area contributed by atoms with E-state index in [1.165, 1.54) is 7.11 Å². The molecule has 1 aliphatic rings. The summed E-state index contributed by atoms with van der Waals surface area (Å²) in [6.45, 7) is 1.83. The van der Waals surface area contributed by atoms with Gasteiger partial charge in [-0.05, 0) is 6.42 Å². The fourth-order valence-corrected chi connectivity index (χ4v) is 1.20. The van der Waals surface area contributed by atoms with Gasteiger partial charge in [0.05, 0.1) is 13.0 Å². The molecule has 1 heterocycles. The van der Waals surface area contributed by atoms with Crippen LogP contribution in [0.25, 0.3) is 0 Å². The van der Waals surface area contributed by atoms with Crippen molar-refractivity contribution in [3.05, 3.63) is 0 Å². The van der Waals surface area contributed by atoms with Gasteiger partial charge in [0, 0.05) is 0 Å². The van der Waals surface area contributed by atoms with Crippen LogP contribution in [0.15, 0.2) is 0 Å². The first kappa shape index (κ1) is 9.94. The predicted octanol–water partition coefficient (Wildman–Crippen LogP) is -0.244. The van der Waals surface area contributed by atoms with Crippen LogP contribution in [0.3, 0.4) is 0 Å². The second-order valence-corrected chi connectivity index (χ2v) is 2.66. The molecule has 0 spiro atoms. The van der Waals surface area contributed by atoms with Gasteiger partial charge in [-0.15, -0.1) is 0 Å².